The molecule has 0 aliphatic heterocycles. The molecule has 4 bridgehead atoms. The maximum atomic E-state index is 2.62. The number of anilines is 3. The van der Waals surface area contributed by atoms with Crippen molar-refractivity contribution in [3.8, 4) is 16.8 Å². The molecule has 6 aromatic carbocycles. The van der Waals surface area contributed by atoms with Crippen molar-refractivity contribution in [2.45, 2.75) is 88.9 Å². The van der Waals surface area contributed by atoms with Crippen LogP contribution in [0.3, 0.4) is 0 Å². The lowest BCUT2D eigenvalue weighted by molar-refractivity contribution is -0.0399. The highest BCUT2D eigenvalue weighted by atomic mass is 15.1. The van der Waals surface area contributed by atoms with E-state index in [1.54, 1.807) is 11.1 Å². The molecule has 4 fully saturated rings. The van der Waals surface area contributed by atoms with E-state index in [9.17, 15) is 0 Å². The molecule has 0 amide bonds. The van der Waals surface area contributed by atoms with Crippen molar-refractivity contribution in [3.05, 3.63) is 156 Å². The molecule has 0 saturated heterocycles. The third kappa shape index (κ3) is 4.39. The quantitative estimate of drug-likeness (QED) is 0.175. The van der Waals surface area contributed by atoms with Crippen molar-refractivity contribution in [1.82, 2.24) is 4.57 Å². The Morgan fingerprint density at radius 1 is 0.500 bits per heavy atom. The SMILES string of the molecule is CC1(C)CCC(C)(C)c2cc(N(c3ccc(-n4c5ccccc5c5ccccc54)cc3)c3cccc4c3-c3ccccc3C43C4CC5CC(C4)CC3C5)ccc21. The number of hydrogen-bond donors (Lipinski definition) is 0. The van der Waals surface area contributed by atoms with E-state index in [0.29, 0.717) is 0 Å². The third-order valence-corrected chi connectivity index (χ3v) is 15.8. The number of benzene rings is 6. The molecule has 6 aliphatic carbocycles. The lowest BCUT2D eigenvalue weighted by Crippen LogP contribution is -2.55. The smallest absolute Gasteiger partial charge is 0.0543 e. The van der Waals surface area contributed by atoms with Crippen molar-refractivity contribution in [1.29, 1.82) is 0 Å². The van der Waals surface area contributed by atoms with Crippen LogP contribution in [0.5, 0.6) is 0 Å². The van der Waals surface area contributed by atoms with Gasteiger partial charge < -0.3 is 9.47 Å². The lowest BCUT2D eigenvalue weighted by Gasteiger charge is -2.61. The number of hydrogen-bond acceptors (Lipinski definition) is 1. The molecule has 1 heterocycles. The molecule has 0 unspecified atom stereocenters. The van der Waals surface area contributed by atoms with E-state index in [1.807, 2.05) is 0 Å². The topological polar surface area (TPSA) is 8.17 Å². The second kappa shape index (κ2) is 11.5. The van der Waals surface area contributed by atoms with Gasteiger partial charge in [0.15, 0.2) is 0 Å². The van der Waals surface area contributed by atoms with E-state index in [0.717, 1.165) is 23.7 Å². The molecular formula is C54H52N2. The fourth-order valence-electron chi connectivity index (χ4n) is 13.5. The Hall–Kier alpha value is -5.08. The Morgan fingerprint density at radius 3 is 1.75 bits per heavy atom. The molecule has 0 atom stereocenters. The molecule has 278 valence electrons. The van der Waals surface area contributed by atoms with Gasteiger partial charge in [-0.25, -0.2) is 0 Å². The zero-order valence-electron chi connectivity index (χ0n) is 33.4. The van der Waals surface area contributed by atoms with Crippen LogP contribution in [0.1, 0.15) is 94.9 Å². The number of aromatic nitrogens is 1. The van der Waals surface area contributed by atoms with E-state index in [2.05, 4.69) is 171 Å². The highest BCUT2D eigenvalue weighted by Gasteiger charge is 2.62. The van der Waals surface area contributed by atoms with Gasteiger partial charge in [-0.3, -0.25) is 0 Å². The number of para-hydroxylation sites is 2. The molecule has 13 rings (SSSR count). The second-order valence-electron chi connectivity index (χ2n) is 19.6. The van der Waals surface area contributed by atoms with E-state index in [-0.39, 0.29) is 16.2 Å². The van der Waals surface area contributed by atoms with Gasteiger partial charge >= 0.3 is 0 Å². The van der Waals surface area contributed by atoms with Gasteiger partial charge in [0.1, 0.15) is 0 Å². The molecule has 2 heteroatoms. The average molecular weight is 729 g/mol. The molecule has 1 aromatic heterocycles. The molecule has 6 aliphatic rings. The first-order chi connectivity index (χ1) is 27.2. The summed E-state index contributed by atoms with van der Waals surface area (Å²) in [5.74, 6) is 3.33. The Bertz CT molecular complexity index is 2640. The van der Waals surface area contributed by atoms with Gasteiger partial charge in [0.05, 0.1) is 16.7 Å². The van der Waals surface area contributed by atoms with Gasteiger partial charge in [0.2, 0.25) is 0 Å². The average Bonchev–Trinajstić information content (AvgIpc) is 3.70. The van der Waals surface area contributed by atoms with Crippen LogP contribution in [0, 0.1) is 23.7 Å². The summed E-state index contributed by atoms with van der Waals surface area (Å²) >= 11 is 0. The van der Waals surface area contributed by atoms with Gasteiger partial charge in [-0.2, -0.15) is 0 Å². The second-order valence-corrected chi connectivity index (χ2v) is 19.6. The van der Waals surface area contributed by atoms with Crippen molar-refractivity contribution < 1.29 is 0 Å². The standard InChI is InChI=1S/C54H52N2/c1-52(2)26-27-53(3,4)47-33-40(24-25-45(47)52)55(38-20-22-39(23-21-38)56-48-17-9-6-12-41(48)42-13-7-10-18-49(42)56)50-19-11-16-46-51(50)43-14-5-8-15-44(43)54(46)36-29-34-28-35(31-36)32-37(54)30-34/h5-25,33-37H,26-32H2,1-4H3. The van der Waals surface area contributed by atoms with Crippen LogP contribution < -0.4 is 4.90 Å². The summed E-state index contributed by atoms with van der Waals surface area (Å²) in [6.45, 7) is 9.80. The fraction of sp³-hybridized carbons (Fsp3) is 0.333. The predicted octanol–water partition coefficient (Wildman–Crippen LogP) is 14.3. The van der Waals surface area contributed by atoms with E-state index in [4.69, 9.17) is 0 Å². The maximum Gasteiger partial charge on any atom is 0.0543 e. The first kappa shape index (κ1) is 33.1. The summed E-state index contributed by atoms with van der Waals surface area (Å²) in [7, 11) is 0. The van der Waals surface area contributed by atoms with Crippen molar-refractivity contribution in [2.75, 3.05) is 4.90 Å². The summed E-state index contributed by atoms with van der Waals surface area (Å²) in [5, 5.41) is 2.59. The summed E-state index contributed by atoms with van der Waals surface area (Å²) in [4.78, 5) is 2.62. The van der Waals surface area contributed by atoms with Gasteiger partial charge in [-0.05, 0) is 162 Å². The first-order valence-corrected chi connectivity index (χ1v) is 21.5. The monoisotopic (exact) mass is 728 g/mol. The van der Waals surface area contributed by atoms with Crippen LogP contribution in [0.25, 0.3) is 38.6 Å². The van der Waals surface area contributed by atoms with Gasteiger partial charge in [0, 0.05) is 38.8 Å². The molecule has 7 aromatic rings. The molecule has 4 saturated carbocycles. The third-order valence-electron chi connectivity index (χ3n) is 15.8. The predicted molar refractivity (Wildman–Crippen MR) is 234 cm³/mol. The fourth-order valence-corrected chi connectivity index (χ4v) is 13.5. The number of fused-ring (bicyclic) bond motifs is 7. The highest BCUT2D eigenvalue weighted by molar-refractivity contribution is 6.09. The van der Waals surface area contributed by atoms with Gasteiger partial charge in [0.25, 0.3) is 0 Å². The van der Waals surface area contributed by atoms with Crippen LogP contribution in [0.2, 0.25) is 0 Å². The Balaban J connectivity index is 1.08. The Kier molecular flexibility index (Phi) is 6.80. The van der Waals surface area contributed by atoms with Gasteiger partial charge in [-0.1, -0.05) is 107 Å². The van der Waals surface area contributed by atoms with E-state index in [1.165, 1.54) is 112 Å². The lowest BCUT2D eigenvalue weighted by atomic mass is 9.43. The minimum absolute atomic E-state index is 0.114. The van der Waals surface area contributed by atoms with Crippen LogP contribution in [0.4, 0.5) is 17.1 Å². The Morgan fingerprint density at radius 2 is 1.07 bits per heavy atom. The largest absolute Gasteiger partial charge is 0.310 e. The zero-order chi connectivity index (χ0) is 37.6. The van der Waals surface area contributed by atoms with E-state index >= 15 is 0 Å². The zero-order valence-corrected chi connectivity index (χ0v) is 33.4. The summed E-state index contributed by atoms with van der Waals surface area (Å²) in [6, 6.07) is 51.6. The Labute approximate surface area is 332 Å². The van der Waals surface area contributed by atoms with Crippen molar-refractivity contribution in [2.24, 2.45) is 23.7 Å². The van der Waals surface area contributed by atoms with Crippen molar-refractivity contribution >= 4 is 38.9 Å². The minimum Gasteiger partial charge on any atom is -0.310 e. The first-order valence-electron chi connectivity index (χ1n) is 21.5. The molecule has 1 spiro atoms. The molecule has 0 N–H and O–H groups in total. The molecular weight excluding hydrogens is 677 g/mol. The van der Waals surface area contributed by atoms with Crippen LogP contribution in [0.15, 0.2) is 133 Å². The van der Waals surface area contributed by atoms with Crippen molar-refractivity contribution in [3.63, 3.8) is 0 Å². The summed E-state index contributed by atoms with van der Waals surface area (Å²) in [6.07, 6.45) is 9.48. The highest BCUT2D eigenvalue weighted by Crippen LogP contribution is 2.70. The molecule has 56 heavy (non-hydrogen) atoms. The molecule has 0 radical (unpaired) electrons. The number of rotatable bonds is 4. The number of nitrogens with zero attached hydrogens (tertiary/aromatic N) is 2. The van der Waals surface area contributed by atoms with Crippen LogP contribution in [-0.4, -0.2) is 4.57 Å². The summed E-state index contributed by atoms with van der Waals surface area (Å²) < 4.78 is 2.44. The van der Waals surface area contributed by atoms with Crippen LogP contribution >= 0.6 is 0 Å². The maximum absolute atomic E-state index is 2.62. The normalized spacial score (nSPS) is 26.1. The van der Waals surface area contributed by atoms with E-state index < -0.39 is 0 Å². The van der Waals surface area contributed by atoms with Crippen LogP contribution in [-0.2, 0) is 16.2 Å². The molecule has 2 nitrogen and oxygen atoms in total. The summed E-state index contributed by atoms with van der Waals surface area (Å²) in [5.41, 5.74) is 17.1. The van der Waals surface area contributed by atoms with Gasteiger partial charge in [-0.15, -0.1) is 0 Å². The minimum atomic E-state index is 0.114.